The van der Waals surface area contributed by atoms with E-state index in [1.807, 2.05) is 37.3 Å². The van der Waals surface area contributed by atoms with Crippen molar-refractivity contribution in [3.63, 3.8) is 0 Å². The van der Waals surface area contributed by atoms with Gasteiger partial charge >= 0.3 is 6.03 Å². The first-order valence-corrected chi connectivity index (χ1v) is 7.86. The Kier molecular flexibility index (Phi) is 5.89. The molecule has 0 saturated heterocycles. The molecule has 6 heteroatoms. The van der Waals surface area contributed by atoms with Crippen LogP contribution in [0.2, 0.25) is 0 Å². The predicted octanol–water partition coefficient (Wildman–Crippen LogP) is 4.35. The molecule has 2 aromatic rings. The lowest BCUT2D eigenvalue weighted by Gasteiger charge is -2.23. The van der Waals surface area contributed by atoms with Crippen LogP contribution in [0.4, 0.5) is 16.2 Å². The third-order valence-corrected chi connectivity index (χ3v) is 3.74. The van der Waals surface area contributed by atoms with Crippen LogP contribution in [-0.4, -0.2) is 22.4 Å². The van der Waals surface area contributed by atoms with Gasteiger partial charge in [-0.25, -0.2) is 4.79 Å². The second kappa shape index (κ2) is 8.10. The van der Waals surface area contributed by atoms with Gasteiger partial charge in [-0.05, 0) is 25.0 Å². The van der Waals surface area contributed by atoms with Gasteiger partial charge in [0.15, 0.2) is 0 Å². The molecule has 0 bridgehead atoms. The molecule has 0 aliphatic carbocycles. The summed E-state index contributed by atoms with van der Waals surface area (Å²) < 4.78 is 0. The highest BCUT2D eigenvalue weighted by Crippen LogP contribution is 2.25. The number of anilines is 1. The minimum atomic E-state index is -0.446. The number of rotatable bonds is 6. The van der Waals surface area contributed by atoms with Crippen molar-refractivity contribution in [2.45, 2.75) is 26.8 Å². The van der Waals surface area contributed by atoms with Crippen molar-refractivity contribution in [1.82, 2.24) is 4.90 Å². The quantitative estimate of drug-likeness (QED) is 0.633. The molecule has 0 aliphatic heterocycles. The van der Waals surface area contributed by atoms with Gasteiger partial charge < -0.3 is 10.2 Å². The van der Waals surface area contributed by atoms with Gasteiger partial charge in [0.25, 0.3) is 5.69 Å². The second-order valence-corrected chi connectivity index (χ2v) is 5.54. The Morgan fingerprint density at radius 3 is 2.50 bits per heavy atom. The molecule has 2 rings (SSSR count). The zero-order valence-electron chi connectivity index (χ0n) is 13.9. The fraction of sp³-hybridized carbons (Fsp3) is 0.278. The number of amides is 2. The van der Waals surface area contributed by atoms with E-state index in [1.165, 1.54) is 6.07 Å². The molecule has 6 nitrogen and oxygen atoms in total. The van der Waals surface area contributed by atoms with E-state index in [0.717, 1.165) is 12.0 Å². The lowest BCUT2D eigenvalue weighted by atomic mass is 10.1. The van der Waals surface area contributed by atoms with Crippen molar-refractivity contribution >= 4 is 17.4 Å². The van der Waals surface area contributed by atoms with Crippen LogP contribution in [-0.2, 0) is 6.54 Å². The highest BCUT2D eigenvalue weighted by Gasteiger charge is 2.18. The summed E-state index contributed by atoms with van der Waals surface area (Å²) >= 11 is 0. The van der Waals surface area contributed by atoms with Crippen LogP contribution in [0.5, 0.6) is 0 Å². The molecule has 0 aromatic heterocycles. The van der Waals surface area contributed by atoms with E-state index in [0.29, 0.717) is 24.3 Å². The Bertz CT molecular complexity index is 717. The molecule has 0 atom stereocenters. The van der Waals surface area contributed by atoms with Crippen LogP contribution in [0.15, 0.2) is 48.5 Å². The van der Waals surface area contributed by atoms with Crippen LogP contribution < -0.4 is 5.32 Å². The molecule has 2 amide bonds. The van der Waals surface area contributed by atoms with E-state index < -0.39 is 4.92 Å². The highest BCUT2D eigenvalue weighted by molar-refractivity contribution is 5.90. The fourth-order valence-electron chi connectivity index (χ4n) is 2.48. The second-order valence-electron chi connectivity index (χ2n) is 5.54. The monoisotopic (exact) mass is 327 g/mol. The third-order valence-electron chi connectivity index (χ3n) is 3.74. The Labute approximate surface area is 141 Å². The predicted molar refractivity (Wildman–Crippen MR) is 94.0 cm³/mol. The zero-order chi connectivity index (χ0) is 17.5. The number of hydrogen-bond acceptors (Lipinski definition) is 3. The maximum absolute atomic E-state index is 12.6. The van der Waals surface area contributed by atoms with Crippen LogP contribution in [0.1, 0.15) is 24.5 Å². The SMILES string of the molecule is CCCN(Cc1ccccc1)C(=O)Nc1cccc([N+](=O)[O-])c1C. The van der Waals surface area contributed by atoms with Gasteiger partial charge in [0.1, 0.15) is 0 Å². The Hall–Kier alpha value is -2.89. The number of nitrogens with zero attached hydrogens (tertiary/aromatic N) is 2. The molecule has 0 unspecified atom stereocenters. The first-order valence-electron chi connectivity index (χ1n) is 7.86. The largest absolute Gasteiger partial charge is 0.322 e. The molecule has 1 N–H and O–H groups in total. The number of nitrogens with one attached hydrogen (secondary N) is 1. The van der Waals surface area contributed by atoms with Crippen molar-refractivity contribution in [1.29, 1.82) is 0 Å². The molecule has 0 saturated carbocycles. The van der Waals surface area contributed by atoms with E-state index in [2.05, 4.69) is 5.32 Å². The smallest absolute Gasteiger partial charge is 0.320 e. The molecule has 0 aliphatic rings. The van der Waals surface area contributed by atoms with Crippen molar-refractivity contribution in [2.24, 2.45) is 0 Å². The molecule has 0 heterocycles. The van der Waals surface area contributed by atoms with Crippen LogP contribution in [0, 0.1) is 17.0 Å². The van der Waals surface area contributed by atoms with E-state index in [9.17, 15) is 14.9 Å². The molecule has 126 valence electrons. The van der Waals surface area contributed by atoms with Gasteiger partial charge in [-0.3, -0.25) is 10.1 Å². The number of nitro groups is 1. The minimum absolute atomic E-state index is 0.00194. The van der Waals surface area contributed by atoms with Crippen LogP contribution in [0.3, 0.4) is 0 Å². The highest BCUT2D eigenvalue weighted by atomic mass is 16.6. The standard InChI is InChI=1S/C18H21N3O3/c1-3-12-20(13-15-8-5-4-6-9-15)18(22)19-16-10-7-11-17(14(16)2)21(23)24/h4-11H,3,12-13H2,1-2H3,(H,19,22). The number of urea groups is 1. The van der Waals surface area contributed by atoms with Gasteiger partial charge in [-0.15, -0.1) is 0 Å². The van der Waals surface area contributed by atoms with Crippen molar-refractivity contribution in [3.8, 4) is 0 Å². The van der Waals surface area contributed by atoms with E-state index in [-0.39, 0.29) is 11.7 Å². The molecule has 0 fully saturated rings. The lowest BCUT2D eigenvalue weighted by molar-refractivity contribution is -0.385. The average Bonchev–Trinajstić information content (AvgIpc) is 2.57. The van der Waals surface area contributed by atoms with Gasteiger partial charge in [-0.2, -0.15) is 0 Å². The summed E-state index contributed by atoms with van der Waals surface area (Å²) in [5.41, 5.74) is 1.95. The summed E-state index contributed by atoms with van der Waals surface area (Å²) in [6.45, 7) is 4.74. The summed E-state index contributed by atoms with van der Waals surface area (Å²) in [6.07, 6.45) is 0.828. The average molecular weight is 327 g/mol. The fourth-order valence-corrected chi connectivity index (χ4v) is 2.48. The first kappa shape index (κ1) is 17.5. The van der Waals surface area contributed by atoms with Gasteiger partial charge in [-0.1, -0.05) is 43.3 Å². The number of carbonyl (C=O) groups excluding carboxylic acids is 1. The summed E-state index contributed by atoms with van der Waals surface area (Å²) in [5.74, 6) is 0. The Morgan fingerprint density at radius 1 is 1.17 bits per heavy atom. The van der Waals surface area contributed by atoms with E-state index in [1.54, 1.807) is 24.0 Å². The zero-order valence-corrected chi connectivity index (χ0v) is 13.9. The molecule has 24 heavy (non-hydrogen) atoms. The van der Waals surface area contributed by atoms with E-state index >= 15 is 0 Å². The maximum atomic E-state index is 12.6. The van der Waals surface area contributed by atoms with Crippen molar-refractivity contribution in [3.05, 3.63) is 69.8 Å². The van der Waals surface area contributed by atoms with Gasteiger partial charge in [0, 0.05) is 19.2 Å². The van der Waals surface area contributed by atoms with Crippen LogP contribution >= 0.6 is 0 Å². The third kappa shape index (κ3) is 4.32. The summed E-state index contributed by atoms with van der Waals surface area (Å²) in [6, 6.07) is 14.1. The normalized spacial score (nSPS) is 10.2. The van der Waals surface area contributed by atoms with Gasteiger partial charge in [0.05, 0.1) is 16.2 Å². The number of carbonyl (C=O) groups is 1. The maximum Gasteiger partial charge on any atom is 0.322 e. The van der Waals surface area contributed by atoms with Crippen molar-refractivity contribution in [2.75, 3.05) is 11.9 Å². The summed E-state index contributed by atoms with van der Waals surface area (Å²) in [4.78, 5) is 24.9. The number of nitro benzene ring substituents is 1. The lowest BCUT2D eigenvalue weighted by Crippen LogP contribution is -2.35. The van der Waals surface area contributed by atoms with Gasteiger partial charge in [0.2, 0.25) is 0 Å². The van der Waals surface area contributed by atoms with E-state index in [4.69, 9.17) is 0 Å². The molecular formula is C18H21N3O3. The molecule has 2 aromatic carbocycles. The number of benzene rings is 2. The molecular weight excluding hydrogens is 306 g/mol. The Balaban J connectivity index is 2.16. The summed E-state index contributed by atoms with van der Waals surface area (Å²) in [7, 11) is 0. The molecule has 0 spiro atoms. The summed E-state index contributed by atoms with van der Waals surface area (Å²) in [5, 5.41) is 13.8. The molecule has 0 radical (unpaired) electrons. The number of hydrogen-bond donors (Lipinski definition) is 1. The topological polar surface area (TPSA) is 75.5 Å². The Morgan fingerprint density at radius 2 is 1.88 bits per heavy atom. The van der Waals surface area contributed by atoms with Crippen molar-refractivity contribution < 1.29 is 9.72 Å². The first-order chi connectivity index (χ1) is 11.5. The van der Waals surface area contributed by atoms with Crippen LogP contribution in [0.25, 0.3) is 0 Å². The minimum Gasteiger partial charge on any atom is -0.320 e.